The Kier molecular flexibility index (Phi) is 5.73. The first-order valence-corrected chi connectivity index (χ1v) is 10.5. The maximum atomic E-state index is 13.0. The van der Waals surface area contributed by atoms with Crippen LogP contribution in [0, 0.1) is 0 Å². The number of hydrogen-bond donors (Lipinski definition) is 0. The number of carbonyl (C=O) groups is 1. The number of carbonyl (C=O) groups excluding carboxylic acids is 1. The van der Waals surface area contributed by atoms with Gasteiger partial charge in [0.05, 0.1) is 23.1 Å². The highest BCUT2D eigenvalue weighted by Crippen LogP contribution is 2.30. The predicted octanol–water partition coefficient (Wildman–Crippen LogP) is 2.24. The van der Waals surface area contributed by atoms with Crippen LogP contribution in [0.2, 0.25) is 0 Å². The van der Waals surface area contributed by atoms with Crippen LogP contribution in [0.25, 0.3) is 0 Å². The molecule has 0 spiro atoms. The quantitative estimate of drug-likeness (QED) is 0.658. The fourth-order valence-electron chi connectivity index (χ4n) is 2.94. The van der Waals surface area contributed by atoms with Crippen LogP contribution in [0.5, 0.6) is 0 Å². The van der Waals surface area contributed by atoms with E-state index in [1.807, 2.05) is 0 Å². The van der Waals surface area contributed by atoms with Gasteiger partial charge in [-0.2, -0.15) is 9.40 Å². The van der Waals surface area contributed by atoms with Gasteiger partial charge in [0.1, 0.15) is 12.7 Å². The molecule has 26 heavy (non-hydrogen) atoms. The Morgan fingerprint density at radius 1 is 1.35 bits per heavy atom. The fraction of sp³-hybridized carbons (Fsp3) is 0.438. The minimum absolute atomic E-state index is 0.143. The van der Waals surface area contributed by atoms with Gasteiger partial charge in [-0.25, -0.2) is 22.9 Å². The first-order chi connectivity index (χ1) is 12.4. The summed E-state index contributed by atoms with van der Waals surface area (Å²) in [6.07, 6.45) is 4.47. The third-order valence-corrected chi connectivity index (χ3v) is 7.17. The van der Waals surface area contributed by atoms with Crippen molar-refractivity contribution in [1.29, 1.82) is 0 Å². The molecule has 1 aromatic heterocycles. The van der Waals surface area contributed by atoms with Gasteiger partial charge in [0.25, 0.3) is 0 Å². The number of aromatic nitrogens is 3. The summed E-state index contributed by atoms with van der Waals surface area (Å²) in [7, 11) is -3.65. The van der Waals surface area contributed by atoms with E-state index in [1.165, 1.54) is 28.8 Å². The zero-order chi connectivity index (χ0) is 18.7. The molecule has 3 rings (SSSR count). The van der Waals surface area contributed by atoms with Crippen molar-refractivity contribution in [2.75, 3.05) is 19.7 Å². The molecule has 1 fully saturated rings. The molecule has 0 bridgehead atoms. The molecule has 0 unspecified atom stereocenters. The number of esters is 1. The van der Waals surface area contributed by atoms with Gasteiger partial charge in [0.15, 0.2) is 0 Å². The van der Waals surface area contributed by atoms with Gasteiger partial charge in [-0.15, -0.1) is 0 Å². The molecular formula is C16H19BrN4O4S. The standard InChI is InChI=1S/C16H19BrN4O4S/c1-2-25-16(22)12-3-4-15(14(17)9-12)26(23,24)20-7-5-13(6-8-20)21-11-18-10-19-21/h3-4,9-11,13H,2,5-8H2,1H3. The summed E-state index contributed by atoms with van der Waals surface area (Å²) in [5, 5.41) is 4.13. The molecular weight excluding hydrogens is 424 g/mol. The summed E-state index contributed by atoms with van der Waals surface area (Å²) in [6.45, 7) is 2.78. The van der Waals surface area contributed by atoms with Gasteiger partial charge >= 0.3 is 5.97 Å². The van der Waals surface area contributed by atoms with E-state index in [1.54, 1.807) is 17.9 Å². The van der Waals surface area contributed by atoms with Crippen LogP contribution >= 0.6 is 15.9 Å². The molecule has 0 N–H and O–H groups in total. The lowest BCUT2D eigenvalue weighted by Gasteiger charge is -2.31. The number of hydrogen-bond acceptors (Lipinski definition) is 6. The predicted molar refractivity (Wildman–Crippen MR) is 97.2 cm³/mol. The van der Waals surface area contributed by atoms with Crippen LogP contribution in [0.3, 0.4) is 0 Å². The molecule has 1 aliphatic rings. The van der Waals surface area contributed by atoms with Crippen molar-refractivity contribution in [1.82, 2.24) is 19.1 Å². The Morgan fingerprint density at radius 2 is 2.08 bits per heavy atom. The zero-order valence-electron chi connectivity index (χ0n) is 14.2. The minimum Gasteiger partial charge on any atom is -0.462 e. The van der Waals surface area contributed by atoms with Crippen molar-refractivity contribution in [3.8, 4) is 0 Å². The minimum atomic E-state index is -3.65. The largest absolute Gasteiger partial charge is 0.462 e. The van der Waals surface area contributed by atoms with E-state index < -0.39 is 16.0 Å². The van der Waals surface area contributed by atoms with Gasteiger partial charge in [0.2, 0.25) is 10.0 Å². The molecule has 0 saturated carbocycles. The summed E-state index contributed by atoms with van der Waals surface area (Å²) in [5.74, 6) is -0.481. The summed E-state index contributed by atoms with van der Waals surface area (Å²) in [6, 6.07) is 4.54. The number of nitrogens with zero attached hydrogens (tertiary/aromatic N) is 4. The van der Waals surface area contributed by atoms with Crippen molar-refractivity contribution in [3.05, 3.63) is 40.9 Å². The monoisotopic (exact) mass is 442 g/mol. The molecule has 1 aromatic carbocycles. The molecule has 10 heteroatoms. The molecule has 0 aliphatic carbocycles. The van der Waals surface area contributed by atoms with E-state index >= 15 is 0 Å². The highest BCUT2D eigenvalue weighted by atomic mass is 79.9. The lowest BCUT2D eigenvalue weighted by molar-refractivity contribution is 0.0526. The third kappa shape index (κ3) is 3.81. The summed E-state index contributed by atoms with van der Waals surface area (Å²) in [4.78, 5) is 15.9. The Morgan fingerprint density at radius 3 is 2.65 bits per heavy atom. The Balaban J connectivity index is 1.75. The van der Waals surface area contributed by atoms with Gasteiger partial charge in [0, 0.05) is 17.6 Å². The Hall–Kier alpha value is -1.78. The first-order valence-electron chi connectivity index (χ1n) is 8.24. The number of ether oxygens (including phenoxy) is 1. The van der Waals surface area contributed by atoms with Crippen LogP contribution in [0.4, 0.5) is 0 Å². The number of benzene rings is 1. The second kappa shape index (κ2) is 7.85. The normalized spacial score (nSPS) is 16.5. The number of sulfonamides is 1. The fourth-order valence-corrected chi connectivity index (χ4v) is 5.45. The first kappa shape index (κ1) is 19.0. The van der Waals surface area contributed by atoms with E-state index in [4.69, 9.17) is 4.74 Å². The SMILES string of the molecule is CCOC(=O)c1ccc(S(=O)(=O)N2CCC(n3cncn3)CC2)c(Br)c1. The average Bonchev–Trinajstić information content (AvgIpc) is 3.16. The smallest absolute Gasteiger partial charge is 0.338 e. The average molecular weight is 443 g/mol. The second-order valence-corrected chi connectivity index (χ2v) is 8.64. The highest BCUT2D eigenvalue weighted by Gasteiger charge is 2.31. The van der Waals surface area contributed by atoms with Crippen molar-refractivity contribution in [2.24, 2.45) is 0 Å². The number of piperidine rings is 1. The van der Waals surface area contributed by atoms with Crippen molar-refractivity contribution in [3.63, 3.8) is 0 Å². The lowest BCUT2D eigenvalue weighted by Crippen LogP contribution is -2.39. The number of rotatable bonds is 5. The molecule has 0 atom stereocenters. The van der Waals surface area contributed by atoms with Crippen molar-refractivity contribution in [2.45, 2.75) is 30.7 Å². The summed E-state index contributed by atoms with van der Waals surface area (Å²) >= 11 is 3.28. The van der Waals surface area contributed by atoms with Gasteiger partial charge < -0.3 is 4.74 Å². The lowest BCUT2D eigenvalue weighted by atomic mass is 10.1. The molecule has 2 heterocycles. The van der Waals surface area contributed by atoms with Crippen LogP contribution in [0.1, 0.15) is 36.2 Å². The van der Waals surface area contributed by atoms with Gasteiger partial charge in [-0.3, -0.25) is 0 Å². The van der Waals surface area contributed by atoms with Gasteiger partial charge in [-0.1, -0.05) is 0 Å². The Labute approximate surface area is 160 Å². The van der Waals surface area contributed by atoms with Crippen LogP contribution in [-0.4, -0.2) is 53.2 Å². The van der Waals surface area contributed by atoms with Crippen LogP contribution in [0.15, 0.2) is 40.2 Å². The van der Waals surface area contributed by atoms with E-state index in [9.17, 15) is 13.2 Å². The Bertz CT molecular complexity index is 878. The maximum Gasteiger partial charge on any atom is 0.338 e. The molecule has 1 aliphatic heterocycles. The summed E-state index contributed by atoms with van der Waals surface area (Å²) in [5.41, 5.74) is 0.308. The highest BCUT2D eigenvalue weighted by molar-refractivity contribution is 9.10. The van der Waals surface area contributed by atoms with E-state index in [2.05, 4.69) is 26.0 Å². The number of halogens is 1. The molecule has 0 amide bonds. The van der Waals surface area contributed by atoms with Crippen molar-refractivity contribution < 1.29 is 17.9 Å². The van der Waals surface area contributed by atoms with E-state index in [0.29, 0.717) is 36.0 Å². The summed E-state index contributed by atoms with van der Waals surface area (Å²) < 4.78 is 34.4. The van der Waals surface area contributed by atoms with E-state index in [-0.39, 0.29) is 17.5 Å². The molecule has 2 aromatic rings. The van der Waals surface area contributed by atoms with E-state index in [0.717, 1.165) is 0 Å². The van der Waals surface area contributed by atoms with Crippen LogP contribution < -0.4 is 0 Å². The zero-order valence-corrected chi connectivity index (χ0v) is 16.6. The molecule has 0 radical (unpaired) electrons. The molecule has 140 valence electrons. The molecule has 1 saturated heterocycles. The third-order valence-electron chi connectivity index (χ3n) is 4.30. The van der Waals surface area contributed by atoms with Crippen molar-refractivity contribution >= 4 is 31.9 Å². The second-order valence-electron chi connectivity index (χ2n) is 5.88. The topological polar surface area (TPSA) is 94.4 Å². The maximum absolute atomic E-state index is 13.0. The van der Waals surface area contributed by atoms with Gasteiger partial charge in [-0.05, 0) is 53.9 Å². The van der Waals surface area contributed by atoms with Crippen LogP contribution in [-0.2, 0) is 14.8 Å². The molecule has 8 nitrogen and oxygen atoms in total.